The molecule has 0 fully saturated rings. The largest absolute Gasteiger partial charge is 0.306 e. The fourth-order valence-corrected chi connectivity index (χ4v) is 3.16. The van der Waals surface area contributed by atoms with Crippen LogP contribution in [0.4, 0.5) is 5.69 Å². The standard InChI is InChI=1S/C23H17N5/c1-2-4-23-22(3-1)26-17-28(23)21-9-5-18(6-10-21)15-25-19-7-11-20(12-8-19)27-14-13-24-16-27/h1-17H/b25-15+. The van der Waals surface area contributed by atoms with Crippen LogP contribution in [0.1, 0.15) is 5.56 Å². The Kier molecular flexibility index (Phi) is 4.03. The Morgan fingerprint density at radius 2 is 1.57 bits per heavy atom. The number of imidazole rings is 2. The van der Waals surface area contributed by atoms with Gasteiger partial charge in [0.2, 0.25) is 0 Å². The maximum Gasteiger partial charge on any atom is 0.100 e. The van der Waals surface area contributed by atoms with Crippen LogP contribution in [-0.4, -0.2) is 25.3 Å². The number of aromatic nitrogens is 4. The van der Waals surface area contributed by atoms with Crippen molar-refractivity contribution in [1.82, 2.24) is 19.1 Å². The van der Waals surface area contributed by atoms with Gasteiger partial charge in [-0.05, 0) is 54.1 Å². The summed E-state index contributed by atoms with van der Waals surface area (Å²) in [7, 11) is 0. The molecule has 0 saturated carbocycles. The highest BCUT2D eigenvalue weighted by atomic mass is 15.0. The molecule has 3 aromatic carbocycles. The zero-order valence-corrected chi connectivity index (χ0v) is 15.1. The lowest BCUT2D eigenvalue weighted by Gasteiger charge is -2.04. The monoisotopic (exact) mass is 363 g/mol. The Morgan fingerprint density at radius 1 is 0.786 bits per heavy atom. The second-order valence-electron chi connectivity index (χ2n) is 6.44. The van der Waals surface area contributed by atoms with Crippen molar-refractivity contribution in [3.8, 4) is 11.4 Å². The number of fused-ring (bicyclic) bond motifs is 1. The van der Waals surface area contributed by atoms with E-state index in [4.69, 9.17) is 0 Å². The van der Waals surface area contributed by atoms with E-state index in [1.165, 1.54) is 0 Å². The zero-order chi connectivity index (χ0) is 18.8. The molecule has 5 heteroatoms. The van der Waals surface area contributed by atoms with Gasteiger partial charge in [0.25, 0.3) is 0 Å². The van der Waals surface area contributed by atoms with Crippen LogP contribution in [0.15, 0.2) is 103 Å². The number of rotatable bonds is 4. The molecule has 134 valence electrons. The number of nitrogens with zero attached hydrogens (tertiary/aromatic N) is 5. The second-order valence-corrected chi connectivity index (χ2v) is 6.44. The van der Waals surface area contributed by atoms with Crippen LogP contribution in [0.25, 0.3) is 22.4 Å². The third-order valence-corrected chi connectivity index (χ3v) is 4.64. The van der Waals surface area contributed by atoms with E-state index in [9.17, 15) is 0 Å². The van der Waals surface area contributed by atoms with Gasteiger partial charge in [-0.3, -0.25) is 9.56 Å². The topological polar surface area (TPSA) is 48.0 Å². The first-order valence-corrected chi connectivity index (χ1v) is 9.02. The fraction of sp³-hybridized carbons (Fsp3) is 0. The number of para-hydroxylation sites is 2. The van der Waals surface area contributed by atoms with E-state index in [1.807, 2.05) is 65.8 Å². The average Bonchev–Trinajstić information content (AvgIpc) is 3.43. The maximum absolute atomic E-state index is 4.57. The minimum absolute atomic E-state index is 0.911. The van der Waals surface area contributed by atoms with Gasteiger partial charge in [-0.15, -0.1) is 0 Å². The minimum atomic E-state index is 0.911. The van der Waals surface area contributed by atoms with Crippen LogP contribution in [0.2, 0.25) is 0 Å². The molecule has 0 aliphatic carbocycles. The Labute approximate surface area is 162 Å². The van der Waals surface area contributed by atoms with Crippen molar-refractivity contribution >= 4 is 22.9 Å². The van der Waals surface area contributed by atoms with Crippen molar-refractivity contribution in [3.63, 3.8) is 0 Å². The average molecular weight is 363 g/mol. The molecule has 0 N–H and O–H groups in total. The first-order chi connectivity index (χ1) is 13.9. The van der Waals surface area contributed by atoms with Gasteiger partial charge in [-0.1, -0.05) is 24.3 Å². The molecule has 0 amide bonds. The predicted molar refractivity (Wildman–Crippen MR) is 112 cm³/mol. The van der Waals surface area contributed by atoms with Crippen LogP contribution in [-0.2, 0) is 0 Å². The van der Waals surface area contributed by atoms with Gasteiger partial charge in [0.05, 0.1) is 23.0 Å². The molecule has 0 atom stereocenters. The molecular weight excluding hydrogens is 346 g/mol. The minimum Gasteiger partial charge on any atom is -0.306 e. The highest BCUT2D eigenvalue weighted by molar-refractivity contribution is 5.83. The smallest absolute Gasteiger partial charge is 0.100 e. The lowest BCUT2D eigenvalue weighted by atomic mass is 10.2. The quantitative estimate of drug-likeness (QED) is 0.424. The van der Waals surface area contributed by atoms with E-state index < -0.39 is 0 Å². The highest BCUT2D eigenvalue weighted by Crippen LogP contribution is 2.19. The molecule has 5 nitrogen and oxygen atoms in total. The molecule has 0 unspecified atom stereocenters. The molecule has 5 aromatic rings. The molecule has 0 bridgehead atoms. The van der Waals surface area contributed by atoms with Gasteiger partial charge in [0.1, 0.15) is 6.33 Å². The van der Waals surface area contributed by atoms with Crippen molar-refractivity contribution in [1.29, 1.82) is 0 Å². The van der Waals surface area contributed by atoms with E-state index >= 15 is 0 Å². The van der Waals surface area contributed by atoms with Gasteiger partial charge in [-0.2, -0.15) is 0 Å². The predicted octanol–water partition coefficient (Wildman–Crippen LogP) is 4.96. The number of benzene rings is 3. The Hall–Kier alpha value is -3.99. The van der Waals surface area contributed by atoms with E-state index in [-0.39, 0.29) is 0 Å². The highest BCUT2D eigenvalue weighted by Gasteiger charge is 2.03. The SMILES string of the molecule is C(=N\c1ccc(-n2ccnc2)cc1)/c1ccc(-n2cnc3ccccc32)cc1. The number of hydrogen-bond donors (Lipinski definition) is 0. The van der Waals surface area contributed by atoms with Crippen molar-refractivity contribution in [2.75, 3.05) is 0 Å². The number of aliphatic imine (C=N–C) groups is 1. The Morgan fingerprint density at radius 3 is 2.36 bits per heavy atom. The summed E-state index contributed by atoms with van der Waals surface area (Å²) < 4.78 is 4.05. The van der Waals surface area contributed by atoms with Crippen LogP contribution in [0.5, 0.6) is 0 Å². The van der Waals surface area contributed by atoms with Gasteiger partial charge in [0.15, 0.2) is 0 Å². The Bertz CT molecular complexity index is 1230. The summed E-state index contributed by atoms with van der Waals surface area (Å²) in [5.41, 5.74) is 6.19. The first-order valence-electron chi connectivity index (χ1n) is 9.02. The first kappa shape index (κ1) is 16.2. The summed E-state index contributed by atoms with van der Waals surface area (Å²) >= 11 is 0. The van der Waals surface area contributed by atoms with Crippen molar-refractivity contribution in [2.24, 2.45) is 4.99 Å². The van der Waals surface area contributed by atoms with Crippen LogP contribution >= 0.6 is 0 Å². The molecule has 0 aliphatic heterocycles. The van der Waals surface area contributed by atoms with E-state index in [2.05, 4.69) is 49.9 Å². The van der Waals surface area contributed by atoms with Crippen LogP contribution in [0.3, 0.4) is 0 Å². The van der Waals surface area contributed by atoms with Crippen LogP contribution in [0, 0.1) is 0 Å². The van der Waals surface area contributed by atoms with Gasteiger partial charge >= 0.3 is 0 Å². The zero-order valence-electron chi connectivity index (χ0n) is 15.1. The summed E-state index contributed by atoms with van der Waals surface area (Å²) in [6.45, 7) is 0. The van der Waals surface area contributed by atoms with E-state index in [0.29, 0.717) is 0 Å². The van der Waals surface area contributed by atoms with Crippen molar-refractivity contribution in [2.45, 2.75) is 0 Å². The molecular formula is C23H17N5. The fourth-order valence-electron chi connectivity index (χ4n) is 3.16. The molecule has 0 aliphatic rings. The summed E-state index contributed by atoms with van der Waals surface area (Å²) in [6, 6.07) is 24.5. The summed E-state index contributed by atoms with van der Waals surface area (Å²) in [5, 5.41) is 0. The summed E-state index contributed by atoms with van der Waals surface area (Å²) in [4.78, 5) is 13.1. The Balaban J connectivity index is 1.35. The molecule has 2 heterocycles. The van der Waals surface area contributed by atoms with E-state index in [0.717, 1.165) is 33.7 Å². The third kappa shape index (κ3) is 3.10. The third-order valence-electron chi connectivity index (χ3n) is 4.64. The molecule has 0 radical (unpaired) electrons. The molecule has 28 heavy (non-hydrogen) atoms. The summed E-state index contributed by atoms with van der Waals surface area (Å²) in [5.74, 6) is 0. The van der Waals surface area contributed by atoms with Crippen molar-refractivity contribution in [3.05, 3.63) is 103 Å². The second kappa shape index (κ2) is 6.96. The van der Waals surface area contributed by atoms with Crippen LogP contribution < -0.4 is 0 Å². The van der Waals surface area contributed by atoms with E-state index in [1.54, 1.807) is 12.5 Å². The van der Waals surface area contributed by atoms with Gasteiger partial charge in [0, 0.05) is 30.0 Å². The van der Waals surface area contributed by atoms with Gasteiger partial charge in [-0.25, -0.2) is 9.97 Å². The molecule has 5 rings (SSSR count). The maximum atomic E-state index is 4.57. The molecule has 0 spiro atoms. The molecule has 2 aromatic heterocycles. The lowest BCUT2D eigenvalue weighted by molar-refractivity contribution is 1.06. The molecule has 0 saturated heterocycles. The van der Waals surface area contributed by atoms with Gasteiger partial charge < -0.3 is 4.57 Å². The summed E-state index contributed by atoms with van der Waals surface area (Å²) in [6.07, 6.45) is 9.20. The number of hydrogen-bond acceptors (Lipinski definition) is 3. The van der Waals surface area contributed by atoms with Crippen molar-refractivity contribution < 1.29 is 0 Å². The lowest BCUT2D eigenvalue weighted by Crippen LogP contribution is -1.92. The normalized spacial score (nSPS) is 11.4.